The number of nitrogens with zero attached hydrogens (tertiary/aromatic N) is 1. The van der Waals surface area contributed by atoms with Crippen molar-refractivity contribution in [2.24, 2.45) is 5.73 Å². The van der Waals surface area contributed by atoms with Crippen LogP contribution in [0.2, 0.25) is 0 Å². The zero-order valence-corrected chi connectivity index (χ0v) is 17.9. The summed E-state index contributed by atoms with van der Waals surface area (Å²) in [5, 5.41) is 6.58. The maximum absolute atomic E-state index is 12.6. The average Bonchev–Trinajstić information content (AvgIpc) is 3.39. The van der Waals surface area contributed by atoms with Gasteiger partial charge in [0, 0.05) is 16.3 Å². The largest absolute Gasteiger partial charge is 0.449 e. The van der Waals surface area contributed by atoms with E-state index in [4.69, 9.17) is 10.5 Å². The maximum Gasteiger partial charge on any atom is 0.340 e. The Kier molecular flexibility index (Phi) is 6.19. The normalized spacial score (nSPS) is 11.8. The molecular formula is C20H21N3O4S2. The number of carbonyl (C=O) groups excluding carboxylic acids is 3. The summed E-state index contributed by atoms with van der Waals surface area (Å²) < 4.78 is 7.40. The summed E-state index contributed by atoms with van der Waals surface area (Å²) in [6.45, 7) is 5.94. The van der Waals surface area contributed by atoms with E-state index in [1.807, 2.05) is 35.9 Å². The highest BCUT2D eigenvalue weighted by Gasteiger charge is 2.24. The van der Waals surface area contributed by atoms with Gasteiger partial charge in [0.25, 0.3) is 11.8 Å². The van der Waals surface area contributed by atoms with Gasteiger partial charge in [-0.25, -0.2) is 4.79 Å². The van der Waals surface area contributed by atoms with Gasteiger partial charge in [-0.1, -0.05) is 6.07 Å². The number of nitrogens with two attached hydrogens (primary N) is 1. The van der Waals surface area contributed by atoms with E-state index in [-0.39, 0.29) is 5.56 Å². The lowest BCUT2D eigenvalue weighted by Crippen LogP contribution is -2.30. The van der Waals surface area contributed by atoms with Gasteiger partial charge in [-0.05, 0) is 49.7 Å². The van der Waals surface area contributed by atoms with Crippen LogP contribution in [-0.4, -0.2) is 28.5 Å². The molecule has 0 saturated heterocycles. The first-order valence-electron chi connectivity index (χ1n) is 8.86. The molecule has 3 aromatic rings. The van der Waals surface area contributed by atoms with Crippen molar-refractivity contribution < 1.29 is 19.1 Å². The van der Waals surface area contributed by atoms with E-state index >= 15 is 0 Å². The minimum Gasteiger partial charge on any atom is -0.449 e. The molecule has 29 heavy (non-hydrogen) atoms. The fraction of sp³-hybridized carbons (Fsp3) is 0.250. The molecule has 1 unspecified atom stereocenters. The molecule has 9 heteroatoms. The third-order valence-corrected chi connectivity index (χ3v) is 6.20. The number of esters is 1. The van der Waals surface area contributed by atoms with Crippen LogP contribution in [0, 0.1) is 13.8 Å². The number of hydrogen-bond acceptors (Lipinski definition) is 6. The number of ether oxygens (including phenoxy) is 1. The third kappa shape index (κ3) is 4.57. The van der Waals surface area contributed by atoms with Gasteiger partial charge in [0.2, 0.25) is 0 Å². The molecule has 0 radical (unpaired) electrons. The van der Waals surface area contributed by atoms with Crippen molar-refractivity contribution in [3.8, 4) is 0 Å². The lowest BCUT2D eigenvalue weighted by Gasteiger charge is -2.13. The van der Waals surface area contributed by atoms with Crippen LogP contribution in [0.1, 0.15) is 43.9 Å². The number of rotatable bonds is 7. The Bertz CT molecular complexity index is 1050. The highest BCUT2D eigenvalue weighted by Crippen LogP contribution is 2.24. The Morgan fingerprint density at radius 2 is 1.93 bits per heavy atom. The van der Waals surface area contributed by atoms with E-state index in [0.717, 1.165) is 11.4 Å². The number of aryl methyl sites for hydroxylation is 1. The van der Waals surface area contributed by atoms with Crippen molar-refractivity contribution in [3.63, 3.8) is 0 Å². The van der Waals surface area contributed by atoms with Crippen LogP contribution in [0.5, 0.6) is 0 Å². The first-order valence-corrected chi connectivity index (χ1v) is 10.6. The van der Waals surface area contributed by atoms with Crippen LogP contribution in [0.3, 0.4) is 0 Å². The van der Waals surface area contributed by atoms with Gasteiger partial charge in [-0.2, -0.15) is 0 Å². The van der Waals surface area contributed by atoms with Crippen molar-refractivity contribution in [2.45, 2.75) is 33.4 Å². The number of hydrogen-bond donors (Lipinski definition) is 2. The molecule has 2 amide bonds. The molecule has 0 aliphatic rings. The molecule has 7 nitrogen and oxygen atoms in total. The second-order valence-corrected chi connectivity index (χ2v) is 8.46. The Labute approximate surface area is 176 Å². The molecule has 1 atom stereocenters. The van der Waals surface area contributed by atoms with Gasteiger partial charge in [0.15, 0.2) is 6.10 Å². The minimum absolute atomic E-state index is 0.221. The monoisotopic (exact) mass is 431 g/mol. The first kappa shape index (κ1) is 20.8. The van der Waals surface area contributed by atoms with Crippen LogP contribution >= 0.6 is 22.7 Å². The average molecular weight is 432 g/mol. The third-order valence-electron chi connectivity index (χ3n) is 4.51. The van der Waals surface area contributed by atoms with E-state index in [2.05, 4.69) is 5.32 Å². The summed E-state index contributed by atoms with van der Waals surface area (Å²) in [7, 11) is 0. The van der Waals surface area contributed by atoms with Gasteiger partial charge in [-0.3, -0.25) is 9.59 Å². The van der Waals surface area contributed by atoms with Crippen LogP contribution in [0.4, 0.5) is 5.00 Å². The summed E-state index contributed by atoms with van der Waals surface area (Å²) in [6.07, 6.45) is -1.04. The standard InChI is InChI=1S/C20H21N3O4S2/c1-11-9-16(12(2)23(11)10-14-5-4-7-28-14)20(26)27-13(3)18(25)22-19-15(17(21)24)6-8-29-19/h4-9,13H,10H2,1-3H3,(H2,21,24)(H,22,25). The van der Waals surface area contributed by atoms with Gasteiger partial charge < -0.3 is 20.4 Å². The smallest absolute Gasteiger partial charge is 0.340 e. The number of aromatic nitrogens is 1. The van der Waals surface area contributed by atoms with Crippen molar-refractivity contribution in [3.05, 3.63) is 62.4 Å². The summed E-state index contributed by atoms with van der Waals surface area (Å²) in [5.74, 6) is -1.74. The molecule has 152 valence electrons. The van der Waals surface area contributed by atoms with Crippen LogP contribution < -0.4 is 11.1 Å². The summed E-state index contributed by atoms with van der Waals surface area (Å²) in [5.41, 5.74) is 7.64. The van der Waals surface area contributed by atoms with Crippen molar-refractivity contribution >= 4 is 45.5 Å². The molecule has 3 rings (SSSR count). The summed E-state index contributed by atoms with van der Waals surface area (Å²) >= 11 is 2.82. The van der Waals surface area contributed by atoms with Gasteiger partial charge >= 0.3 is 5.97 Å². The summed E-state index contributed by atoms with van der Waals surface area (Å²) in [4.78, 5) is 37.6. The highest BCUT2D eigenvalue weighted by molar-refractivity contribution is 7.14. The van der Waals surface area contributed by atoms with Gasteiger partial charge in [-0.15, -0.1) is 22.7 Å². The quantitative estimate of drug-likeness (QED) is 0.558. The molecule has 3 heterocycles. The zero-order chi connectivity index (χ0) is 21.1. The molecule has 0 aromatic carbocycles. The topological polar surface area (TPSA) is 103 Å². The predicted molar refractivity (Wildman–Crippen MR) is 114 cm³/mol. The lowest BCUT2D eigenvalue weighted by molar-refractivity contribution is -0.123. The minimum atomic E-state index is -1.04. The second kappa shape index (κ2) is 8.62. The van der Waals surface area contributed by atoms with Crippen LogP contribution in [0.15, 0.2) is 35.0 Å². The molecule has 0 saturated carbocycles. The number of anilines is 1. The molecule has 0 fully saturated rings. The fourth-order valence-electron chi connectivity index (χ4n) is 2.90. The number of carbonyl (C=O) groups is 3. The van der Waals surface area contributed by atoms with Crippen LogP contribution in [-0.2, 0) is 16.1 Å². The van der Waals surface area contributed by atoms with E-state index in [1.54, 1.807) is 22.8 Å². The molecule has 3 N–H and O–H groups in total. The van der Waals surface area contributed by atoms with Crippen molar-refractivity contribution in [1.82, 2.24) is 4.57 Å². The van der Waals surface area contributed by atoms with E-state index < -0.39 is 23.9 Å². The number of nitrogens with one attached hydrogen (secondary N) is 1. The Balaban J connectivity index is 1.68. The predicted octanol–water partition coefficient (Wildman–Crippen LogP) is 3.56. The van der Waals surface area contributed by atoms with E-state index in [9.17, 15) is 14.4 Å². The Hall–Kier alpha value is -2.91. The van der Waals surface area contributed by atoms with Crippen molar-refractivity contribution in [1.29, 1.82) is 0 Å². The van der Waals surface area contributed by atoms with Crippen molar-refractivity contribution in [2.75, 3.05) is 5.32 Å². The highest BCUT2D eigenvalue weighted by atomic mass is 32.1. The lowest BCUT2D eigenvalue weighted by atomic mass is 10.2. The van der Waals surface area contributed by atoms with Crippen LogP contribution in [0.25, 0.3) is 0 Å². The SMILES string of the molecule is Cc1cc(C(=O)OC(C)C(=O)Nc2sccc2C(N)=O)c(C)n1Cc1cccs1. The molecule has 0 aliphatic carbocycles. The molecule has 0 aliphatic heterocycles. The molecule has 3 aromatic heterocycles. The fourth-order valence-corrected chi connectivity index (χ4v) is 4.39. The first-order chi connectivity index (χ1) is 13.8. The molecule has 0 spiro atoms. The van der Waals surface area contributed by atoms with E-state index in [1.165, 1.54) is 29.2 Å². The zero-order valence-electron chi connectivity index (χ0n) is 16.2. The number of primary amides is 1. The number of amides is 2. The van der Waals surface area contributed by atoms with E-state index in [0.29, 0.717) is 17.1 Å². The Morgan fingerprint density at radius 3 is 2.59 bits per heavy atom. The number of thiophene rings is 2. The molecule has 0 bridgehead atoms. The van der Waals surface area contributed by atoms with Gasteiger partial charge in [0.05, 0.1) is 17.7 Å². The summed E-state index contributed by atoms with van der Waals surface area (Å²) in [6, 6.07) is 7.32. The molecular weight excluding hydrogens is 410 g/mol. The maximum atomic E-state index is 12.6. The Morgan fingerprint density at radius 1 is 1.17 bits per heavy atom. The van der Waals surface area contributed by atoms with Gasteiger partial charge in [0.1, 0.15) is 5.00 Å². The second-order valence-electron chi connectivity index (χ2n) is 6.51.